The number of nitrogens with one attached hydrogen (secondary N) is 2. The number of hydrogen-bond donors (Lipinski definition) is 2. The van der Waals surface area contributed by atoms with E-state index in [0.29, 0.717) is 17.7 Å². The molecule has 0 bridgehead atoms. The van der Waals surface area contributed by atoms with Crippen molar-refractivity contribution in [1.82, 2.24) is 10.2 Å². The molecule has 2 aromatic carbocycles. The number of ether oxygens (including phenoxy) is 1. The van der Waals surface area contributed by atoms with Crippen LogP contribution in [0.15, 0.2) is 42.5 Å². The van der Waals surface area contributed by atoms with Gasteiger partial charge < -0.3 is 20.3 Å². The lowest BCUT2D eigenvalue weighted by Gasteiger charge is -2.44. The molecule has 7 heteroatoms. The molecule has 0 heterocycles. The van der Waals surface area contributed by atoms with Crippen molar-refractivity contribution < 1.29 is 19.1 Å². The highest BCUT2D eigenvalue weighted by atomic mass is 16.6. The topological polar surface area (TPSA) is 87.7 Å². The summed E-state index contributed by atoms with van der Waals surface area (Å²) in [4.78, 5) is 43.0. The molecule has 2 N–H and O–H groups in total. The number of carbonyl (C=O) groups excluding carboxylic acids is 3. The summed E-state index contributed by atoms with van der Waals surface area (Å²) >= 11 is 0. The predicted molar refractivity (Wildman–Crippen MR) is 158 cm³/mol. The standard InChI is InChI=1S/C32H47N3O4/c1-12-20(2)26(34-30(38)39-32(9,10)11)29(37)35(31(6,7)8)27(24-18-17-21(3)23(5)19-24)28(36)33-25-16-14-13-15-22(25)4/h13-20,26-27H,12H2,1-11H3,(H,33,36)(H,34,38). The molecular weight excluding hydrogens is 490 g/mol. The molecule has 2 rings (SSSR count). The summed E-state index contributed by atoms with van der Waals surface area (Å²) in [7, 11) is 0. The minimum absolute atomic E-state index is 0.199. The monoisotopic (exact) mass is 537 g/mol. The van der Waals surface area contributed by atoms with Crippen molar-refractivity contribution in [3.8, 4) is 0 Å². The zero-order valence-electron chi connectivity index (χ0n) is 25.6. The number of rotatable bonds is 8. The van der Waals surface area contributed by atoms with Crippen LogP contribution in [0.25, 0.3) is 0 Å². The highest BCUT2D eigenvalue weighted by Gasteiger charge is 2.43. The Labute approximate surface area is 234 Å². The maximum atomic E-state index is 14.5. The van der Waals surface area contributed by atoms with Gasteiger partial charge >= 0.3 is 6.09 Å². The number of para-hydroxylation sites is 1. The molecule has 0 saturated heterocycles. The molecule has 0 aromatic heterocycles. The molecule has 0 aliphatic heterocycles. The Morgan fingerprint density at radius 2 is 1.51 bits per heavy atom. The fourth-order valence-corrected chi connectivity index (χ4v) is 4.38. The van der Waals surface area contributed by atoms with Gasteiger partial charge in [0, 0.05) is 11.2 Å². The highest BCUT2D eigenvalue weighted by Crippen LogP contribution is 2.33. The molecule has 3 atom stereocenters. The van der Waals surface area contributed by atoms with Crippen molar-refractivity contribution in [3.63, 3.8) is 0 Å². The highest BCUT2D eigenvalue weighted by molar-refractivity contribution is 5.99. The Morgan fingerprint density at radius 1 is 0.897 bits per heavy atom. The van der Waals surface area contributed by atoms with E-state index in [9.17, 15) is 14.4 Å². The summed E-state index contributed by atoms with van der Waals surface area (Å²) in [5.41, 5.74) is 2.94. The SMILES string of the molecule is CCC(C)C(NC(=O)OC(C)(C)C)C(=O)N(C(C(=O)Nc1ccccc1C)c1ccc(C)c(C)c1)C(C)(C)C. The van der Waals surface area contributed by atoms with Crippen LogP contribution in [-0.4, -0.2) is 40.0 Å². The van der Waals surface area contributed by atoms with Gasteiger partial charge in [-0.15, -0.1) is 0 Å². The molecule has 3 unspecified atom stereocenters. The summed E-state index contributed by atoms with van der Waals surface area (Å²) in [5.74, 6) is -0.864. The Morgan fingerprint density at radius 3 is 2.03 bits per heavy atom. The molecular formula is C32H47N3O4. The zero-order chi connectivity index (χ0) is 29.7. The Bertz CT molecular complexity index is 1180. The second-order valence-electron chi connectivity index (χ2n) is 12.4. The number of benzene rings is 2. The lowest BCUT2D eigenvalue weighted by Crippen LogP contribution is -2.59. The third-order valence-corrected chi connectivity index (χ3v) is 6.87. The Balaban J connectivity index is 2.66. The van der Waals surface area contributed by atoms with Crippen molar-refractivity contribution >= 4 is 23.6 Å². The van der Waals surface area contributed by atoms with Crippen LogP contribution in [0, 0.1) is 26.7 Å². The summed E-state index contributed by atoms with van der Waals surface area (Å²) < 4.78 is 5.49. The van der Waals surface area contributed by atoms with Crippen LogP contribution in [0.1, 0.15) is 90.1 Å². The summed E-state index contributed by atoms with van der Waals surface area (Å²) in [6.45, 7) is 20.9. The third kappa shape index (κ3) is 8.57. The maximum Gasteiger partial charge on any atom is 0.408 e. The molecule has 7 nitrogen and oxygen atoms in total. The van der Waals surface area contributed by atoms with E-state index in [1.54, 1.807) is 25.7 Å². The number of carbonyl (C=O) groups is 3. The number of alkyl carbamates (subject to hydrolysis) is 1. The minimum Gasteiger partial charge on any atom is -0.444 e. The first-order chi connectivity index (χ1) is 18.0. The molecule has 2 aromatic rings. The number of nitrogens with zero attached hydrogens (tertiary/aromatic N) is 1. The van der Waals surface area contributed by atoms with Gasteiger partial charge in [0.05, 0.1) is 0 Å². The second-order valence-corrected chi connectivity index (χ2v) is 12.4. The molecule has 0 aliphatic carbocycles. The van der Waals surface area contributed by atoms with Crippen molar-refractivity contribution in [2.45, 2.75) is 106 Å². The van der Waals surface area contributed by atoms with Crippen molar-refractivity contribution in [2.24, 2.45) is 5.92 Å². The van der Waals surface area contributed by atoms with Crippen molar-refractivity contribution in [2.75, 3.05) is 5.32 Å². The van der Waals surface area contributed by atoms with Crippen molar-refractivity contribution in [3.05, 3.63) is 64.7 Å². The average Bonchev–Trinajstić information content (AvgIpc) is 2.81. The quantitative estimate of drug-likeness (QED) is 0.385. The van der Waals surface area contributed by atoms with E-state index in [2.05, 4.69) is 10.6 Å². The predicted octanol–water partition coefficient (Wildman–Crippen LogP) is 6.86. The van der Waals surface area contributed by atoms with Crippen LogP contribution in [0.2, 0.25) is 0 Å². The second kappa shape index (κ2) is 12.7. The molecule has 3 amide bonds. The van der Waals surface area contributed by atoms with Crippen LogP contribution in [0.3, 0.4) is 0 Å². The molecule has 39 heavy (non-hydrogen) atoms. The van der Waals surface area contributed by atoms with E-state index < -0.39 is 29.3 Å². The first kappa shape index (κ1) is 31.9. The molecule has 214 valence electrons. The molecule has 0 radical (unpaired) electrons. The fraction of sp³-hybridized carbons (Fsp3) is 0.531. The zero-order valence-corrected chi connectivity index (χ0v) is 25.6. The smallest absolute Gasteiger partial charge is 0.408 e. The van der Waals surface area contributed by atoms with Crippen LogP contribution in [-0.2, 0) is 14.3 Å². The van der Waals surface area contributed by atoms with E-state index in [-0.39, 0.29) is 17.7 Å². The van der Waals surface area contributed by atoms with Gasteiger partial charge in [-0.3, -0.25) is 9.59 Å². The van der Waals surface area contributed by atoms with E-state index in [1.165, 1.54) is 0 Å². The lowest BCUT2D eigenvalue weighted by molar-refractivity contribution is -0.147. The van der Waals surface area contributed by atoms with Gasteiger partial charge in [-0.1, -0.05) is 56.7 Å². The first-order valence-corrected chi connectivity index (χ1v) is 13.7. The van der Waals surface area contributed by atoms with Gasteiger partial charge in [0.15, 0.2) is 0 Å². The first-order valence-electron chi connectivity index (χ1n) is 13.7. The number of anilines is 1. The fourth-order valence-electron chi connectivity index (χ4n) is 4.38. The minimum atomic E-state index is -0.941. The molecule has 0 spiro atoms. The summed E-state index contributed by atoms with van der Waals surface area (Å²) in [5, 5.41) is 5.88. The third-order valence-electron chi connectivity index (χ3n) is 6.87. The number of amides is 3. The summed E-state index contributed by atoms with van der Waals surface area (Å²) in [6.07, 6.45) is -0.0180. The average molecular weight is 538 g/mol. The van der Waals surface area contributed by atoms with Crippen LogP contribution < -0.4 is 10.6 Å². The van der Waals surface area contributed by atoms with E-state index in [4.69, 9.17) is 4.74 Å². The van der Waals surface area contributed by atoms with E-state index in [1.807, 2.05) is 97.9 Å². The van der Waals surface area contributed by atoms with Crippen LogP contribution in [0.4, 0.5) is 10.5 Å². The van der Waals surface area contributed by atoms with Crippen LogP contribution >= 0.6 is 0 Å². The van der Waals surface area contributed by atoms with E-state index in [0.717, 1.165) is 16.7 Å². The van der Waals surface area contributed by atoms with E-state index >= 15 is 0 Å². The maximum absolute atomic E-state index is 14.5. The molecule has 0 fully saturated rings. The number of hydrogen-bond acceptors (Lipinski definition) is 4. The largest absolute Gasteiger partial charge is 0.444 e. The summed E-state index contributed by atoms with van der Waals surface area (Å²) in [6, 6.07) is 11.6. The van der Waals surface area contributed by atoms with Gasteiger partial charge in [0.1, 0.15) is 17.7 Å². The lowest BCUT2D eigenvalue weighted by atomic mass is 9.90. The van der Waals surface area contributed by atoms with Gasteiger partial charge in [0.2, 0.25) is 5.91 Å². The molecule has 0 aliphatic rings. The van der Waals surface area contributed by atoms with Crippen LogP contribution in [0.5, 0.6) is 0 Å². The Hall–Kier alpha value is -3.35. The van der Waals surface area contributed by atoms with Gasteiger partial charge in [-0.25, -0.2) is 4.79 Å². The van der Waals surface area contributed by atoms with Gasteiger partial charge in [-0.2, -0.15) is 0 Å². The van der Waals surface area contributed by atoms with Gasteiger partial charge in [0.25, 0.3) is 5.91 Å². The van der Waals surface area contributed by atoms with Crippen molar-refractivity contribution in [1.29, 1.82) is 0 Å². The normalized spacial score (nSPS) is 14.1. The van der Waals surface area contributed by atoms with Gasteiger partial charge in [-0.05, 0) is 96.6 Å². The number of aryl methyl sites for hydroxylation is 3. The molecule has 0 saturated carbocycles. The Kier molecular flexibility index (Phi) is 10.4.